The lowest BCUT2D eigenvalue weighted by Crippen LogP contribution is -2.20. The Morgan fingerprint density at radius 1 is 1.58 bits per heavy atom. The summed E-state index contributed by atoms with van der Waals surface area (Å²) in [4.78, 5) is 14.9. The molecule has 0 atom stereocenters. The number of carbonyl (C=O) groups is 1. The third kappa shape index (κ3) is 1.88. The van der Waals surface area contributed by atoms with E-state index in [1.807, 2.05) is 0 Å². The van der Waals surface area contributed by atoms with E-state index in [1.54, 1.807) is 20.8 Å². The highest BCUT2D eigenvalue weighted by molar-refractivity contribution is 7.08. The lowest BCUT2D eigenvalue weighted by molar-refractivity contribution is 0.0853. The largest absolute Gasteiger partial charge is 0.292 e. The van der Waals surface area contributed by atoms with Crippen molar-refractivity contribution in [2.24, 2.45) is 5.41 Å². The van der Waals surface area contributed by atoms with Crippen LogP contribution in [0.5, 0.6) is 0 Å². The summed E-state index contributed by atoms with van der Waals surface area (Å²) in [5, 5.41) is 0.894. The molecule has 2 nitrogen and oxygen atoms in total. The van der Waals surface area contributed by atoms with Crippen molar-refractivity contribution in [2.75, 3.05) is 0 Å². The summed E-state index contributed by atoms with van der Waals surface area (Å²) in [7, 11) is 0. The molecule has 0 amide bonds. The number of halogens is 1. The monoisotopic (exact) mass is 187 g/mol. The normalized spacial score (nSPS) is 11.7. The summed E-state index contributed by atoms with van der Waals surface area (Å²) in [6.45, 7) is 5.35. The predicted molar refractivity (Wildman–Crippen MR) is 45.9 cm³/mol. The smallest absolute Gasteiger partial charge is 0.269 e. The van der Waals surface area contributed by atoms with Crippen LogP contribution in [0.2, 0.25) is 0 Å². The van der Waals surface area contributed by atoms with Crippen LogP contribution in [0.1, 0.15) is 31.3 Å². The first-order valence-corrected chi connectivity index (χ1v) is 4.45. The quantitative estimate of drug-likeness (QED) is 0.632. The van der Waals surface area contributed by atoms with Crippen molar-refractivity contribution in [3.63, 3.8) is 0 Å². The van der Waals surface area contributed by atoms with E-state index in [4.69, 9.17) is 0 Å². The molecular formula is C8H10FNOS. The molecule has 0 aliphatic rings. The van der Waals surface area contributed by atoms with Crippen LogP contribution in [-0.2, 0) is 0 Å². The van der Waals surface area contributed by atoms with E-state index in [1.165, 1.54) is 5.38 Å². The highest BCUT2D eigenvalue weighted by Crippen LogP contribution is 2.21. The van der Waals surface area contributed by atoms with Crippen molar-refractivity contribution in [1.82, 2.24) is 4.98 Å². The summed E-state index contributed by atoms with van der Waals surface area (Å²) >= 11 is 0.850. The molecule has 0 unspecified atom stereocenters. The van der Waals surface area contributed by atoms with Crippen LogP contribution in [0.15, 0.2) is 5.38 Å². The maximum Gasteiger partial charge on any atom is 0.269 e. The number of aromatic nitrogens is 1. The van der Waals surface area contributed by atoms with Gasteiger partial charge in [-0.1, -0.05) is 32.1 Å². The number of Topliss-reactive ketones (excluding diaryl/α,β-unsaturated/α-hetero) is 1. The Morgan fingerprint density at radius 2 is 2.17 bits per heavy atom. The number of rotatable bonds is 1. The molecule has 0 aromatic carbocycles. The fourth-order valence-electron chi connectivity index (χ4n) is 0.740. The third-order valence-corrected chi connectivity index (χ3v) is 2.02. The first-order valence-electron chi connectivity index (χ1n) is 3.57. The van der Waals surface area contributed by atoms with Crippen LogP contribution in [0.4, 0.5) is 4.39 Å². The Hall–Kier alpha value is -0.770. The maximum absolute atomic E-state index is 12.4. The number of hydrogen-bond acceptors (Lipinski definition) is 3. The van der Waals surface area contributed by atoms with Crippen LogP contribution in [0, 0.1) is 10.7 Å². The average Bonchev–Trinajstić information content (AvgIpc) is 2.32. The molecule has 66 valence electrons. The highest BCUT2D eigenvalue weighted by Gasteiger charge is 2.24. The highest BCUT2D eigenvalue weighted by atomic mass is 32.1. The van der Waals surface area contributed by atoms with E-state index in [0.29, 0.717) is 0 Å². The third-order valence-electron chi connectivity index (χ3n) is 1.39. The molecule has 0 radical (unpaired) electrons. The molecule has 0 spiro atoms. The molecule has 0 fully saturated rings. The minimum absolute atomic E-state index is 0.123. The van der Waals surface area contributed by atoms with E-state index in [-0.39, 0.29) is 11.5 Å². The molecular weight excluding hydrogens is 177 g/mol. The van der Waals surface area contributed by atoms with Crippen LogP contribution < -0.4 is 0 Å². The van der Waals surface area contributed by atoms with Gasteiger partial charge in [-0.25, -0.2) is 4.98 Å². The Bertz CT molecular complexity index is 300. The first kappa shape index (κ1) is 9.32. The van der Waals surface area contributed by atoms with Crippen molar-refractivity contribution in [3.05, 3.63) is 16.3 Å². The first-order chi connectivity index (χ1) is 5.41. The SMILES string of the molecule is CC(C)(C)C(=O)c1csc(F)n1. The molecule has 12 heavy (non-hydrogen) atoms. The van der Waals surface area contributed by atoms with Crippen molar-refractivity contribution < 1.29 is 9.18 Å². The fourth-order valence-corrected chi connectivity index (χ4v) is 1.26. The number of hydrogen-bond donors (Lipinski definition) is 0. The van der Waals surface area contributed by atoms with Gasteiger partial charge in [0.25, 0.3) is 5.26 Å². The second kappa shape index (κ2) is 2.94. The van der Waals surface area contributed by atoms with Crippen LogP contribution in [0.25, 0.3) is 0 Å². The molecule has 0 saturated heterocycles. The lowest BCUT2D eigenvalue weighted by atomic mass is 9.89. The Kier molecular flexibility index (Phi) is 2.28. The van der Waals surface area contributed by atoms with Gasteiger partial charge in [0, 0.05) is 10.8 Å². The standard InChI is InChI=1S/C8H10FNOS/c1-8(2,3)6(11)5-4-12-7(9)10-5/h4H,1-3H3. The Balaban J connectivity index is 2.93. The molecule has 1 heterocycles. The van der Waals surface area contributed by atoms with Crippen LogP contribution in [-0.4, -0.2) is 10.8 Å². The van der Waals surface area contributed by atoms with E-state index in [0.717, 1.165) is 11.3 Å². The lowest BCUT2D eigenvalue weighted by Gasteiger charge is -2.13. The van der Waals surface area contributed by atoms with Gasteiger partial charge in [-0.05, 0) is 0 Å². The van der Waals surface area contributed by atoms with Crippen molar-refractivity contribution in [3.8, 4) is 0 Å². The zero-order chi connectivity index (χ0) is 9.35. The minimum atomic E-state index is -0.553. The van der Waals surface area contributed by atoms with Crippen LogP contribution >= 0.6 is 11.3 Å². The predicted octanol–water partition coefficient (Wildman–Crippen LogP) is 2.51. The van der Waals surface area contributed by atoms with Gasteiger partial charge < -0.3 is 0 Å². The van der Waals surface area contributed by atoms with Crippen molar-refractivity contribution in [2.45, 2.75) is 20.8 Å². The maximum atomic E-state index is 12.4. The zero-order valence-corrected chi connectivity index (χ0v) is 8.04. The molecule has 0 aliphatic heterocycles. The second-order valence-electron chi connectivity index (χ2n) is 3.56. The average molecular weight is 187 g/mol. The van der Waals surface area contributed by atoms with Gasteiger partial charge in [-0.3, -0.25) is 4.79 Å². The zero-order valence-electron chi connectivity index (χ0n) is 7.22. The van der Waals surface area contributed by atoms with E-state index in [2.05, 4.69) is 4.98 Å². The van der Waals surface area contributed by atoms with Gasteiger partial charge in [0.1, 0.15) is 5.69 Å². The van der Waals surface area contributed by atoms with Gasteiger partial charge in [0.05, 0.1) is 0 Å². The number of ketones is 1. The Morgan fingerprint density at radius 3 is 2.50 bits per heavy atom. The summed E-state index contributed by atoms with van der Waals surface area (Å²) in [6, 6.07) is 0. The summed E-state index contributed by atoms with van der Waals surface area (Å²) in [5.74, 6) is -0.123. The van der Waals surface area contributed by atoms with Crippen molar-refractivity contribution in [1.29, 1.82) is 0 Å². The van der Waals surface area contributed by atoms with Gasteiger partial charge in [-0.15, -0.1) is 0 Å². The van der Waals surface area contributed by atoms with E-state index < -0.39 is 10.7 Å². The molecule has 0 bridgehead atoms. The summed E-state index contributed by atoms with van der Waals surface area (Å²) in [5.41, 5.74) is -0.259. The summed E-state index contributed by atoms with van der Waals surface area (Å²) in [6.07, 6.45) is 0. The molecule has 1 rings (SSSR count). The number of nitrogens with zero attached hydrogens (tertiary/aromatic N) is 1. The molecule has 0 aliphatic carbocycles. The topological polar surface area (TPSA) is 30.0 Å². The Labute approximate surface area is 74.4 Å². The van der Waals surface area contributed by atoms with Crippen molar-refractivity contribution >= 4 is 17.1 Å². The van der Waals surface area contributed by atoms with Gasteiger partial charge in [-0.2, -0.15) is 4.39 Å². The molecule has 0 saturated carbocycles. The summed E-state index contributed by atoms with van der Waals surface area (Å²) < 4.78 is 12.4. The molecule has 0 N–H and O–H groups in total. The van der Waals surface area contributed by atoms with Gasteiger partial charge in [0.2, 0.25) is 0 Å². The van der Waals surface area contributed by atoms with Crippen LogP contribution in [0.3, 0.4) is 0 Å². The fraction of sp³-hybridized carbons (Fsp3) is 0.500. The van der Waals surface area contributed by atoms with Gasteiger partial charge >= 0.3 is 0 Å². The number of thiazole rings is 1. The second-order valence-corrected chi connectivity index (χ2v) is 4.37. The molecule has 4 heteroatoms. The van der Waals surface area contributed by atoms with E-state index >= 15 is 0 Å². The van der Waals surface area contributed by atoms with E-state index in [9.17, 15) is 9.18 Å². The minimum Gasteiger partial charge on any atom is -0.292 e. The van der Waals surface area contributed by atoms with Gasteiger partial charge in [0.15, 0.2) is 5.78 Å². The number of carbonyl (C=O) groups excluding carboxylic acids is 1. The molecule has 1 aromatic rings. The molecule has 1 aromatic heterocycles.